The molecule has 1 fully saturated rings. The van der Waals surface area contributed by atoms with Gasteiger partial charge in [-0.1, -0.05) is 18.2 Å². The molecule has 0 saturated carbocycles. The number of hydrogen-bond donors (Lipinski definition) is 3. The Bertz CT molecular complexity index is 1000. The average molecular weight is 392 g/mol. The zero-order valence-electron chi connectivity index (χ0n) is 16.5. The van der Waals surface area contributed by atoms with Gasteiger partial charge in [0.1, 0.15) is 5.82 Å². The minimum atomic E-state index is -0.322. The van der Waals surface area contributed by atoms with E-state index in [1.807, 2.05) is 48.3 Å². The standard InChI is InChI=1S/C20H24N8O/c1-14-12-17(25-20(29)21-2)24-18-16(14)13-23-19(26-18)28(15-6-4-3-5-7-15)27-10-8-22-9-11-27/h3-7,12-13,22H,8-11H2,1-2H3,(H2,21,23,24,25,26,29). The molecular weight excluding hydrogens is 368 g/mol. The fourth-order valence-electron chi connectivity index (χ4n) is 3.33. The third-order valence-electron chi connectivity index (χ3n) is 4.80. The van der Waals surface area contributed by atoms with Crippen molar-refractivity contribution in [3.63, 3.8) is 0 Å². The van der Waals surface area contributed by atoms with Crippen molar-refractivity contribution in [3.8, 4) is 0 Å². The molecule has 1 aliphatic rings. The number of piperazine rings is 1. The first kappa shape index (κ1) is 19.0. The van der Waals surface area contributed by atoms with Gasteiger partial charge in [-0.2, -0.15) is 4.98 Å². The molecule has 0 bridgehead atoms. The van der Waals surface area contributed by atoms with Gasteiger partial charge in [0, 0.05) is 44.8 Å². The predicted molar refractivity (Wildman–Crippen MR) is 113 cm³/mol. The number of carbonyl (C=O) groups is 1. The number of fused-ring (bicyclic) bond motifs is 1. The lowest BCUT2D eigenvalue weighted by Crippen LogP contribution is -2.51. The Hall–Kier alpha value is -3.30. The summed E-state index contributed by atoms with van der Waals surface area (Å²) in [7, 11) is 1.56. The third kappa shape index (κ3) is 4.10. The van der Waals surface area contributed by atoms with Crippen LogP contribution in [0.15, 0.2) is 42.6 Å². The van der Waals surface area contributed by atoms with E-state index in [0.717, 1.165) is 42.8 Å². The lowest BCUT2D eigenvalue weighted by Gasteiger charge is -2.37. The van der Waals surface area contributed by atoms with Crippen molar-refractivity contribution in [2.45, 2.75) is 6.92 Å². The number of aryl methyl sites for hydroxylation is 1. The highest BCUT2D eigenvalue weighted by Gasteiger charge is 2.23. The molecule has 150 valence electrons. The molecule has 0 spiro atoms. The molecule has 1 aromatic carbocycles. The van der Waals surface area contributed by atoms with Gasteiger partial charge in [-0.3, -0.25) is 5.32 Å². The Labute approximate surface area is 169 Å². The molecule has 0 aliphatic carbocycles. The van der Waals surface area contributed by atoms with Gasteiger partial charge in [-0.05, 0) is 30.7 Å². The van der Waals surface area contributed by atoms with E-state index in [0.29, 0.717) is 17.4 Å². The molecule has 0 atom stereocenters. The predicted octanol–water partition coefficient (Wildman–Crippen LogP) is 2.04. The lowest BCUT2D eigenvalue weighted by molar-refractivity contribution is 0.240. The van der Waals surface area contributed by atoms with Gasteiger partial charge < -0.3 is 10.6 Å². The van der Waals surface area contributed by atoms with E-state index in [1.54, 1.807) is 13.2 Å². The number of anilines is 3. The van der Waals surface area contributed by atoms with Gasteiger partial charge >= 0.3 is 6.03 Å². The monoisotopic (exact) mass is 392 g/mol. The van der Waals surface area contributed by atoms with E-state index in [-0.39, 0.29) is 6.03 Å². The number of benzene rings is 1. The highest BCUT2D eigenvalue weighted by molar-refractivity contribution is 5.90. The van der Waals surface area contributed by atoms with Crippen molar-refractivity contribution in [2.75, 3.05) is 43.6 Å². The SMILES string of the molecule is CNC(=O)Nc1cc(C)c2cnc(N(c3ccccc3)N3CCNCC3)nc2n1. The number of carbonyl (C=O) groups excluding carboxylic acids is 1. The van der Waals surface area contributed by atoms with Crippen molar-refractivity contribution in [3.05, 3.63) is 48.2 Å². The summed E-state index contributed by atoms with van der Waals surface area (Å²) in [4.78, 5) is 25.6. The summed E-state index contributed by atoms with van der Waals surface area (Å²) in [5.74, 6) is 1.00. The molecule has 2 aromatic heterocycles. The maximum atomic E-state index is 11.7. The summed E-state index contributed by atoms with van der Waals surface area (Å²) in [5.41, 5.74) is 2.48. The van der Waals surface area contributed by atoms with Crippen LogP contribution in [0.4, 0.5) is 22.2 Å². The second-order valence-electron chi connectivity index (χ2n) is 6.79. The van der Waals surface area contributed by atoms with E-state index in [4.69, 9.17) is 4.98 Å². The summed E-state index contributed by atoms with van der Waals surface area (Å²) in [5, 5.41) is 13.7. The first-order valence-electron chi connectivity index (χ1n) is 9.59. The van der Waals surface area contributed by atoms with Crippen LogP contribution in [-0.4, -0.2) is 59.2 Å². The third-order valence-corrected chi connectivity index (χ3v) is 4.80. The Morgan fingerprint density at radius 1 is 1.17 bits per heavy atom. The molecule has 2 amide bonds. The molecule has 29 heavy (non-hydrogen) atoms. The molecule has 3 N–H and O–H groups in total. The second-order valence-corrected chi connectivity index (χ2v) is 6.79. The fraction of sp³-hybridized carbons (Fsp3) is 0.300. The van der Waals surface area contributed by atoms with Crippen molar-refractivity contribution in [1.82, 2.24) is 30.6 Å². The Kier molecular flexibility index (Phi) is 5.50. The van der Waals surface area contributed by atoms with Crippen LogP contribution >= 0.6 is 0 Å². The number of hydrazine groups is 1. The normalized spacial score (nSPS) is 14.6. The summed E-state index contributed by atoms with van der Waals surface area (Å²) in [6.45, 7) is 5.44. The van der Waals surface area contributed by atoms with E-state index in [9.17, 15) is 4.79 Å². The highest BCUT2D eigenvalue weighted by atomic mass is 16.2. The second kappa shape index (κ2) is 8.38. The quantitative estimate of drug-likeness (QED) is 0.625. The van der Waals surface area contributed by atoms with Crippen LogP contribution in [0.3, 0.4) is 0 Å². The topological polar surface area (TPSA) is 98.3 Å². The number of urea groups is 1. The van der Waals surface area contributed by atoms with E-state index in [1.165, 1.54) is 0 Å². The van der Waals surface area contributed by atoms with Crippen LogP contribution in [0.5, 0.6) is 0 Å². The molecule has 1 saturated heterocycles. The summed E-state index contributed by atoms with van der Waals surface area (Å²) >= 11 is 0. The number of para-hydroxylation sites is 1. The number of nitrogens with zero attached hydrogens (tertiary/aromatic N) is 5. The number of hydrogen-bond acceptors (Lipinski definition) is 7. The van der Waals surface area contributed by atoms with Crippen molar-refractivity contribution >= 4 is 34.5 Å². The number of aromatic nitrogens is 3. The number of rotatable bonds is 4. The minimum absolute atomic E-state index is 0.322. The first-order chi connectivity index (χ1) is 14.2. The van der Waals surface area contributed by atoms with Crippen LogP contribution < -0.4 is 21.0 Å². The number of pyridine rings is 1. The van der Waals surface area contributed by atoms with E-state index in [2.05, 4.69) is 30.9 Å². The van der Waals surface area contributed by atoms with Crippen LogP contribution in [0.2, 0.25) is 0 Å². The van der Waals surface area contributed by atoms with Gasteiger partial charge in [0.05, 0.1) is 5.69 Å². The van der Waals surface area contributed by atoms with E-state index >= 15 is 0 Å². The fourth-order valence-corrected chi connectivity index (χ4v) is 3.33. The highest BCUT2D eigenvalue weighted by Crippen LogP contribution is 2.27. The molecular formula is C20H24N8O. The van der Waals surface area contributed by atoms with Crippen LogP contribution in [0.1, 0.15) is 5.56 Å². The van der Waals surface area contributed by atoms with Crippen molar-refractivity contribution < 1.29 is 4.79 Å². The van der Waals surface area contributed by atoms with Gasteiger partial charge in [0.2, 0.25) is 5.95 Å². The van der Waals surface area contributed by atoms with Gasteiger partial charge in [-0.15, -0.1) is 0 Å². The molecule has 3 aromatic rings. The smallest absolute Gasteiger partial charge is 0.320 e. The molecule has 9 heteroatoms. The minimum Gasteiger partial charge on any atom is -0.341 e. The van der Waals surface area contributed by atoms with Crippen LogP contribution in [-0.2, 0) is 0 Å². The molecule has 0 unspecified atom stereocenters. The van der Waals surface area contributed by atoms with Gasteiger partial charge in [0.25, 0.3) is 0 Å². The molecule has 1 aliphatic heterocycles. The summed E-state index contributed by atoms with van der Waals surface area (Å²) < 4.78 is 0. The van der Waals surface area contributed by atoms with Crippen LogP contribution in [0, 0.1) is 6.92 Å². The molecule has 9 nitrogen and oxygen atoms in total. The number of nitrogens with one attached hydrogen (secondary N) is 3. The Morgan fingerprint density at radius 2 is 1.93 bits per heavy atom. The van der Waals surface area contributed by atoms with E-state index < -0.39 is 0 Å². The van der Waals surface area contributed by atoms with Crippen molar-refractivity contribution in [1.29, 1.82) is 0 Å². The van der Waals surface area contributed by atoms with Gasteiger partial charge in [0.15, 0.2) is 5.65 Å². The molecule has 4 rings (SSSR count). The Balaban J connectivity index is 1.77. The largest absolute Gasteiger partial charge is 0.341 e. The molecule has 3 heterocycles. The zero-order valence-corrected chi connectivity index (χ0v) is 16.5. The van der Waals surface area contributed by atoms with Gasteiger partial charge in [-0.25, -0.2) is 24.8 Å². The first-order valence-corrected chi connectivity index (χ1v) is 9.59. The maximum Gasteiger partial charge on any atom is 0.320 e. The van der Waals surface area contributed by atoms with Crippen molar-refractivity contribution in [2.24, 2.45) is 0 Å². The molecule has 0 radical (unpaired) electrons. The summed E-state index contributed by atoms with van der Waals surface area (Å²) in [6, 6.07) is 11.6. The average Bonchev–Trinajstić information content (AvgIpc) is 2.75. The van der Waals surface area contributed by atoms with Crippen LogP contribution in [0.25, 0.3) is 11.0 Å². The number of amides is 2. The Morgan fingerprint density at radius 3 is 2.66 bits per heavy atom. The maximum absolute atomic E-state index is 11.7. The zero-order chi connectivity index (χ0) is 20.2. The lowest BCUT2D eigenvalue weighted by atomic mass is 10.2. The summed E-state index contributed by atoms with van der Waals surface area (Å²) in [6.07, 6.45) is 1.79.